The maximum absolute atomic E-state index is 6.30. The van der Waals surface area contributed by atoms with E-state index < -0.39 is 0 Å². The summed E-state index contributed by atoms with van der Waals surface area (Å²) in [4.78, 5) is 0. The molecular formula is C15H24ClN. The molecule has 0 spiro atoms. The van der Waals surface area contributed by atoms with E-state index in [1.54, 1.807) is 0 Å². The number of rotatable bonds is 7. The van der Waals surface area contributed by atoms with Gasteiger partial charge in [-0.2, -0.15) is 0 Å². The van der Waals surface area contributed by atoms with Gasteiger partial charge in [-0.1, -0.05) is 56.3 Å². The van der Waals surface area contributed by atoms with Crippen LogP contribution in [0.2, 0.25) is 5.02 Å². The minimum atomic E-state index is 0.389. The fourth-order valence-corrected chi connectivity index (χ4v) is 2.51. The van der Waals surface area contributed by atoms with E-state index in [0.717, 1.165) is 5.02 Å². The van der Waals surface area contributed by atoms with Crippen LogP contribution in [-0.4, -0.2) is 7.05 Å². The molecule has 0 aliphatic carbocycles. The Hall–Kier alpha value is -0.530. The van der Waals surface area contributed by atoms with Gasteiger partial charge in [0.2, 0.25) is 0 Å². The van der Waals surface area contributed by atoms with E-state index in [1.807, 2.05) is 13.1 Å². The fourth-order valence-electron chi connectivity index (χ4n) is 2.15. The van der Waals surface area contributed by atoms with E-state index in [0.29, 0.717) is 6.04 Å². The van der Waals surface area contributed by atoms with Gasteiger partial charge in [-0.05, 0) is 37.6 Å². The Labute approximate surface area is 111 Å². The standard InChI is InChI=1S/C15H24ClN/c1-4-5-6-7-8-15(17-3)13-10-9-12(2)11-14(13)16/h9-11,15,17H,4-8H2,1-3H3. The molecule has 1 rings (SSSR count). The van der Waals surface area contributed by atoms with E-state index in [1.165, 1.54) is 43.2 Å². The molecule has 17 heavy (non-hydrogen) atoms. The predicted octanol–water partition coefficient (Wildman–Crippen LogP) is 4.88. The molecule has 0 aliphatic rings. The molecule has 0 amide bonds. The van der Waals surface area contributed by atoms with Gasteiger partial charge in [0, 0.05) is 11.1 Å². The highest BCUT2D eigenvalue weighted by Gasteiger charge is 2.12. The van der Waals surface area contributed by atoms with Crippen LogP contribution in [0.1, 0.15) is 56.2 Å². The van der Waals surface area contributed by atoms with Gasteiger partial charge in [0.15, 0.2) is 0 Å². The summed E-state index contributed by atoms with van der Waals surface area (Å²) in [7, 11) is 2.01. The molecule has 1 aromatic carbocycles. The number of nitrogens with one attached hydrogen (secondary N) is 1. The number of hydrogen-bond acceptors (Lipinski definition) is 1. The third-order valence-corrected chi connectivity index (χ3v) is 3.55. The molecule has 1 unspecified atom stereocenters. The van der Waals surface area contributed by atoms with Crippen molar-refractivity contribution < 1.29 is 0 Å². The molecule has 1 N–H and O–H groups in total. The normalized spacial score (nSPS) is 12.7. The number of aryl methyl sites for hydroxylation is 1. The smallest absolute Gasteiger partial charge is 0.0456 e. The zero-order chi connectivity index (χ0) is 12.7. The van der Waals surface area contributed by atoms with Gasteiger partial charge in [-0.25, -0.2) is 0 Å². The highest BCUT2D eigenvalue weighted by molar-refractivity contribution is 6.31. The fraction of sp³-hybridized carbons (Fsp3) is 0.600. The van der Waals surface area contributed by atoms with Crippen LogP contribution in [0.15, 0.2) is 18.2 Å². The molecule has 1 nitrogen and oxygen atoms in total. The van der Waals surface area contributed by atoms with E-state index in [2.05, 4.69) is 31.3 Å². The van der Waals surface area contributed by atoms with Crippen LogP contribution < -0.4 is 5.32 Å². The van der Waals surface area contributed by atoms with Crippen molar-refractivity contribution in [2.24, 2.45) is 0 Å². The molecule has 0 saturated carbocycles. The summed E-state index contributed by atoms with van der Waals surface area (Å²) in [6, 6.07) is 6.73. The minimum absolute atomic E-state index is 0.389. The van der Waals surface area contributed by atoms with Gasteiger partial charge in [0.05, 0.1) is 0 Å². The van der Waals surface area contributed by atoms with Crippen LogP contribution >= 0.6 is 11.6 Å². The molecule has 1 atom stereocenters. The summed E-state index contributed by atoms with van der Waals surface area (Å²) in [5.41, 5.74) is 2.45. The average molecular weight is 254 g/mol. The Morgan fingerprint density at radius 3 is 2.59 bits per heavy atom. The lowest BCUT2D eigenvalue weighted by atomic mass is 9.99. The first-order valence-electron chi connectivity index (χ1n) is 6.62. The van der Waals surface area contributed by atoms with Crippen molar-refractivity contribution in [1.29, 1.82) is 0 Å². The lowest BCUT2D eigenvalue weighted by Gasteiger charge is -2.18. The Morgan fingerprint density at radius 2 is 2.00 bits per heavy atom. The van der Waals surface area contributed by atoms with E-state index >= 15 is 0 Å². The minimum Gasteiger partial charge on any atom is -0.313 e. The van der Waals surface area contributed by atoms with Crippen LogP contribution in [0, 0.1) is 6.92 Å². The molecule has 96 valence electrons. The summed E-state index contributed by atoms with van der Waals surface area (Å²) < 4.78 is 0. The third kappa shape index (κ3) is 4.69. The Balaban J connectivity index is 2.59. The second-order valence-corrected chi connectivity index (χ2v) is 5.12. The summed E-state index contributed by atoms with van der Waals surface area (Å²) in [5.74, 6) is 0. The third-order valence-electron chi connectivity index (χ3n) is 3.23. The topological polar surface area (TPSA) is 12.0 Å². The summed E-state index contributed by atoms with van der Waals surface area (Å²) in [6.07, 6.45) is 6.37. The summed E-state index contributed by atoms with van der Waals surface area (Å²) >= 11 is 6.30. The van der Waals surface area contributed by atoms with Crippen molar-refractivity contribution in [2.45, 2.75) is 52.0 Å². The van der Waals surface area contributed by atoms with Gasteiger partial charge in [0.25, 0.3) is 0 Å². The number of unbranched alkanes of at least 4 members (excludes halogenated alkanes) is 3. The van der Waals surface area contributed by atoms with Gasteiger partial charge in [-0.15, -0.1) is 0 Å². The second-order valence-electron chi connectivity index (χ2n) is 4.72. The Kier molecular flexibility index (Phi) is 6.61. The largest absolute Gasteiger partial charge is 0.313 e. The molecule has 0 saturated heterocycles. The van der Waals surface area contributed by atoms with Gasteiger partial charge in [0.1, 0.15) is 0 Å². The van der Waals surface area contributed by atoms with Crippen LogP contribution in [0.5, 0.6) is 0 Å². The molecule has 0 aromatic heterocycles. The van der Waals surface area contributed by atoms with Crippen LogP contribution in [0.3, 0.4) is 0 Å². The molecule has 0 radical (unpaired) electrons. The second kappa shape index (κ2) is 7.73. The number of benzene rings is 1. The van der Waals surface area contributed by atoms with Crippen molar-refractivity contribution in [3.63, 3.8) is 0 Å². The number of hydrogen-bond donors (Lipinski definition) is 1. The molecule has 1 aromatic rings. The summed E-state index contributed by atoms with van der Waals surface area (Å²) in [5, 5.41) is 4.26. The number of halogens is 1. The molecule has 2 heteroatoms. The first-order chi connectivity index (χ1) is 8.19. The highest BCUT2D eigenvalue weighted by atomic mass is 35.5. The Morgan fingerprint density at radius 1 is 1.24 bits per heavy atom. The maximum Gasteiger partial charge on any atom is 0.0456 e. The van der Waals surface area contributed by atoms with Crippen molar-refractivity contribution in [3.8, 4) is 0 Å². The van der Waals surface area contributed by atoms with Crippen LogP contribution in [0.4, 0.5) is 0 Å². The average Bonchev–Trinajstić information content (AvgIpc) is 2.31. The molecule has 0 heterocycles. The van der Waals surface area contributed by atoms with Crippen molar-refractivity contribution in [1.82, 2.24) is 5.32 Å². The monoisotopic (exact) mass is 253 g/mol. The maximum atomic E-state index is 6.30. The quantitative estimate of drug-likeness (QED) is 0.683. The van der Waals surface area contributed by atoms with E-state index in [-0.39, 0.29) is 0 Å². The first-order valence-corrected chi connectivity index (χ1v) is 7.00. The predicted molar refractivity (Wildman–Crippen MR) is 76.7 cm³/mol. The molecule has 0 fully saturated rings. The zero-order valence-corrected chi connectivity index (χ0v) is 12.0. The van der Waals surface area contributed by atoms with E-state index in [4.69, 9.17) is 11.6 Å². The molecular weight excluding hydrogens is 230 g/mol. The van der Waals surface area contributed by atoms with Gasteiger partial charge >= 0.3 is 0 Å². The SMILES string of the molecule is CCCCCCC(NC)c1ccc(C)cc1Cl. The Bertz CT molecular complexity index is 336. The highest BCUT2D eigenvalue weighted by Crippen LogP contribution is 2.27. The van der Waals surface area contributed by atoms with Gasteiger partial charge in [-0.3, -0.25) is 0 Å². The van der Waals surface area contributed by atoms with E-state index in [9.17, 15) is 0 Å². The van der Waals surface area contributed by atoms with Crippen molar-refractivity contribution in [2.75, 3.05) is 7.05 Å². The first kappa shape index (κ1) is 14.5. The van der Waals surface area contributed by atoms with Crippen LogP contribution in [0.25, 0.3) is 0 Å². The van der Waals surface area contributed by atoms with Crippen LogP contribution in [-0.2, 0) is 0 Å². The molecule has 0 bridgehead atoms. The van der Waals surface area contributed by atoms with Gasteiger partial charge < -0.3 is 5.32 Å². The molecule has 0 aliphatic heterocycles. The lowest BCUT2D eigenvalue weighted by molar-refractivity contribution is 0.505. The van der Waals surface area contributed by atoms with Crippen molar-refractivity contribution in [3.05, 3.63) is 34.3 Å². The zero-order valence-electron chi connectivity index (χ0n) is 11.2. The summed E-state index contributed by atoms with van der Waals surface area (Å²) in [6.45, 7) is 4.32. The lowest BCUT2D eigenvalue weighted by Crippen LogP contribution is -2.16. The van der Waals surface area contributed by atoms with Crippen molar-refractivity contribution >= 4 is 11.6 Å².